The van der Waals surface area contributed by atoms with E-state index in [1.165, 1.54) is 16.2 Å². The van der Waals surface area contributed by atoms with Crippen LogP contribution in [-0.2, 0) is 24.2 Å². The van der Waals surface area contributed by atoms with Crippen LogP contribution in [0.4, 0.5) is 13.2 Å². The highest BCUT2D eigenvalue weighted by molar-refractivity contribution is 7.18. The molecule has 9 nitrogen and oxygen atoms in total. The predicted octanol–water partition coefficient (Wildman–Crippen LogP) is 3.04. The van der Waals surface area contributed by atoms with E-state index < -0.39 is 18.1 Å². The van der Waals surface area contributed by atoms with Crippen LogP contribution in [0.3, 0.4) is 0 Å². The van der Waals surface area contributed by atoms with Crippen molar-refractivity contribution in [3.8, 4) is 0 Å². The lowest BCUT2D eigenvalue weighted by Crippen LogP contribution is -2.36. The van der Waals surface area contributed by atoms with Gasteiger partial charge < -0.3 is 15.4 Å². The number of nitrogens with one attached hydrogen (secondary N) is 2. The third-order valence-corrected chi connectivity index (χ3v) is 6.55. The highest BCUT2D eigenvalue weighted by atomic mass is 32.1. The maximum atomic E-state index is 11.9. The zero-order valence-corrected chi connectivity index (χ0v) is 18.2. The number of hydrogen-bond acceptors (Lipinski definition) is 8. The van der Waals surface area contributed by atoms with E-state index in [1.807, 2.05) is 0 Å². The number of thiophene rings is 1. The fourth-order valence-corrected chi connectivity index (χ4v) is 5.10. The van der Waals surface area contributed by atoms with Gasteiger partial charge in [0.2, 0.25) is 5.82 Å². The fourth-order valence-electron chi connectivity index (χ4n) is 3.32. The third-order valence-electron chi connectivity index (χ3n) is 4.81. The lowest BCUT2D eigenvalue weighted by molar-refractivity contribution is -0.173. The molecule has 0 atom stereocenters. The van der Waals surface area contributed by atoms with E-state index in [9.17, 15) is 27.6 Å². The average molecular weight is 497 g/mol. The molecule has 0 radical (unpaired) electrons. The molecule has 0 saturated heterocycles. The summed E-state index contributed by atoms with van der Waals surface area (Å²) in [5, 5.41) is 11.2. The van der Waals surface area contributed by atoms with Gasteiger partial charge >= 0.3 is 18.1 Å². The summed E-state index contributed by atoms with van der Waals surface area (Å²) in [6.07, 6.45) is -1.92. The molecule has 0 fully saturated rings. The molecule has 0 aliphatic heterocycles. The number of rotatable bonds is 3. The van der Waals surface area contributed by atoms with Crippen molar-refractivity contribution in [3.05, 3.63) is 50.4 Å². The van der Waals surface area contributed by atoms with Gasteiger partial charge in [-0.2, -0.15) is 21.9 Å². The maximum Gasteiger partial charge on any atom is 0.471 e. The van der Waals surface area contributed by atoms with Gasteiger partial charge in [0, 0.05) is 11.4 Å². The molecular formula is C19H14F3N5O4S2. The van der Waals surface area contributed by atoms with Crippen molar-refractivity contribution in [1.29, 1.82) is 0 Å². The van der Waals surface area contributed by atoms with Gasteiger partial charge in [0.15, 0.2) is 0 Å². The number of aromatic carboxylic acids is 1. The fraction of sp³-hybridized carbons (Fsp3) is 0.263. The van der Waals surface area contributed by atoms with Gasteiger partial charge in [0.1, 0.15) is 15.9 Å². The summed E-state index contributed by atoms with van der Waals surface area (Å²) in [5.41, 5.74) is 2.56. The van der Waals surface area contributed by atoms with E-state index in [4.69, 9.17) is 5.11 Å². The van der Waals surface area contributed by atoms with E-state index in [0.717, 1.165) is 36.6 Å². The standard InChI is InChI=1S/C10H8N2O3S.C9H6F3N3OS/c13-8-6-4-2-1-3-5(4)16-9(6)12-7(11-8)10(14)15;10-9(11,12)8(16)13-4-5-1-2-6-7(3-5)15-17-14-6/h1-3H2,(H,14,15)(H,11,12,13);1-3H,4H2,(H,13,16). The highest BCUT2D eigenvalue weighted by Gasteiger charge is 2.38. The third kappa shape index (κ3) is 4.85. The molecule has 4 aromatic rings. The van der Waals surface area contributed by atoms with E-state index in [-0.39, 0.29) is 17.9 Å². The zero-order chi connectivity index (χ0) is 23.8. The summed E-state index contributed by atoms with van der Waals surface area (Å²) in [6, 6.07) is 4.84. The number of aromatic nitrogens is 4. The molecule has 0 bridgehead atoms. The largest absolute Gasteiger partial charge is 0.475 e. The lowest BCUT2D eigenvalue weighted by Gasteiger charge is -2.07. The van der Waals surface area contributed by atoms with E-state index >= 15 is 0 Å². The molecule has 0 spiro atoms. The van der Waals surface area contributed by atoms with Crippen LogP contribution < -0.4 is 10.9 Å². The monoisotopic (exact) mass is 497 g/mol. The number of carbonyl (C=O) groups excluding carboxylic acids is 1. The quantitative estimate of drug-likeness (QED) is 0.396. The van der Waals surface area contributed by atoms with Crippen molar-refractivity contribution in [2.24, 2.45) is 0 Å². The average Bonchev–Trinajstić information content (AvgIpc) is 3.46. The molecule has 0 saturated carbocycles. The van der Waals surface area contributed by atoms with Gasteiger partial charge in [0.25, 0.3) is 5.56 Å². The predicted molar refractivity (Wildman–Crippen MR) is 115 cm³/mol. The van der Waals surface area contributed by atoms with Crippen molar-refractivity contribution < 1.29 is 27.9 Å². The molecular weight excluding hydrogens is 483 g/mol. The van der Waals surface area contributed by atoms with Crippen LogP contribution in [0.1, 0.15) is 33.0 Å². The molecule has 1 aliphatic carbocycles. The van der Waals surface area contributed by atoms with Crippen molar-refractivity contribution in [1.82, 2.24) is 24.0 Å². The molecule has 14 heteroatoms. The number of carboxylic acids is 1. The summed E-state index contributed by atoms with van der Waals surface area (Å²) < 4.78 is 43.7. The van der Waals surface area contributed by atoms with E-state index in [1.54, 1.807) is 23.5 Å². The molecule has 5 rings (SSSR count). The summed E-state index contributed by atoms with van der Waals surface area (Å²) in [7, 11) is 0. The van der Waals surface area contributed by atoms with Gasteiger partial charge in [-0.15, -0.1) is 11.3 Å². The summed E-state index contributed by atoms with van der Waals surface area (Å²) >= 11 is 2.46. The first kappa shape index (κ1) is 22.8. The Morgan fingerprint density at radius 3 is 2.67 bits per heavy atom. The van der Waals surface area contributed by atoms with Crippen molar-refractivity contribution in [2.75, 3.05) is 0 Å². The molecule has 3 heterocycles. The van der Waals surface area contributed by atoms with Crippen LogP contribution >= 0.6 is 23.1 Å². The van der Waals surface area contributed by atoms with E-state index in [2.05, 4.69) is 18.7 Å². The minimum absolute atomic E-state index is 0.189. The first-order valence-electron chi connectivity index (χ1n) is 9.47. The number of halogens is 3. The van der Waals surface area contributed by atoms with E-state index in [0.29, 0.717) is 26.8 Å². The molecule has 33 heavy (non-hydrogen) atoms. The Morgan fingerprint density at radius 1 is 1.18 bits per heavy atom. The number of H-pyrrole nitrogens is 1. The van der Waals surface area contributed by atoms with Gasteiger partial charge in [-0.25, -0.2) is 9.78 Å². The number of aryl methyl sites for hydroxylation is 2. The maximum absolute atomic E-state index is 11.9. The second-order valence-corrected chi connectivity index (χ2v) is 8.64. The zero-order valence-electron chi connectivity index (χ0n) is 16.5. The highest BCUT2D eigenvalue weighted by Crippen LogP contribution is 2.34. The number of alkyl halides is 3. The number of fused-ring (bicyclic) bond motifs is 4. The second kappa shape index (κ2) is 8.86. The molecule has 3 aromatic heterocycles. The number of benzene rings is 1. The van der Waals surface area contributed by atoms with Gasteiger partial charge in [-0.3, -0.25) is 9.59 Å². The summed E-state index contributed by atoms with van der Waals surface area (Å²) in [5.74, 6) is -3.43. The van der Waals surface area contributed by atoms with Crippen LogP contribution in [0, 0.1) is 0 Å². The lowest BCUT2D eigenvalue weighted by atomic mass is 10.2. The minimum Gasteiger partial charge on any atom is -0.475 e. The van der Waals surface area contributed by atoms with Crippen LogP contribution in [0.15, 0.2) is 23.0 Å². The van der Waals surface area contributed by atoms with Crippen LogP contribution in [0.25, 0.3) is 21.3 Å². The first-order chi connectivity index (χ1) is 15.6. The smallest absolute Gasteiger partial charge is 0.471 e. The molecule has 1 amide bonds. The number of nitrogens with zero attached hydrogens (tertiary/aromatic N) is 3. The normalized spacial score (nSPS) is 12.9. The van der Waals surface area contributed by atoms with Crippen molar-refractivity contribution in [2.45, 2.75) is 32.0 Å². The molecule has 3 N–H and O–H groups in total. The van der Waals surface area contributed by atoms with Gasteiger partial charge in [-0.05, 0) is 42.5 Å². The molecule has 0 unspecified atom stereocenters. The van der Waals surface area contributed by atoms with Crippen LogP contribution in [-0.4, -0.2) is 41.9 Å². The number of carboxylic acid groups (broad SMARTS) is 1. The molecule has 172 valence electrons. The van der Waals surface area contributed by atoms with Crippen LogP contribution in [0.2, 0.25) is 0 Å². The van der Waals surface area contributed by atoms with Crippen molar-refractivity contribution in [3.63, 3.8) is 0 Å². The topological polar surface area (TPSA) is 138 Å². The Labute approximate surface area is 190 Å². The Balaban J connectivity index is 0.000000157. The summed E-state index contributed by atoms with van der Waals surface area (Å²) in [4.78, 5) is 41.1. The Kier molecular flexibility index (Phi) is 6.12. The molecule has 1 aromatic carbocycles. The Morgan fingerprint density at radius 2 is 1.94 bits per heavy atom. The minimum atomic E-state index is -4.85. The van der Waals surface area contributed by atoms with Gasteiger partial charge in [0.05, 0.1) is 17.1 Å². The number of aromatic amines is 1. The Hall–Kier alpha value is -3.39. The number of carbonyl (C=O) groups is 2. The summed E-state index contributed by atoms with van der Waals surface area (Å²) in [6.45, 7) is -0.189. The van der Waals surface area contributed by atoms with Gasteiger partial charge in [-0.1, -0.05) is 6.07 Å². The first-order valence-corrected chi connectivity index (χ1v) is 11.0. The number of amides is 1. The number of hydrogen-bond donors (Lipinski definition) is 3. The molecule has 1 aliphatic rings. The van der Waals surface area contributed by atoms with Crippen molar-refractivity contribution >= 4 is 56.2 Å². The Bertz CT molecular complexity index is 1430. The SMILES string of the molecule is O=C(NCc1ccc2nsnc2c1)C(F)(F)F.O=C(O)c1nc2sc3c(c2c(=O)[nH]1)CCC3. The second-order valence-electron chi connectivity index (χ2n) is 7.02. The van der Waals surface area contributed by atoms with Crippen LogP contribution in [0.5, 0.6) is 0 Å².